The van der Waals surface area contributed by atoms with Crippen LogP contribution in [0.5, 0.6) is 0 Å². The standard InChI is InChI=1S/C16H18N2O3.C2H6/c1-4-21-16(20)15-13(8-17-14(9-19)18-15)12-7-5-6-10(2)11(12)3;1-2/h5-8,19H,4,9H2,1-3H3;1-2H3. The Morgan fingerprint density at radius 1 is 1.22 bits per heavy atom. The maximum atomic E-state index is 12.1. The van der Waals surface area contributed by atoms with Crippen LogP contribution in [0, 0.1) is 13.8 Å². The van der Waals surface area contributed by atoms with Gasteiger partial charge >= 0.3 is 5.97 Å². The Balaban J connectivity index is 0.00000127. The first-order valence-electron chi connectivity index (χ1n) is 7.79. The average molecular weight is 316 g/mol. The lowest BCUT2D eigenvalue weighted by molar-refractivity contribution is 0.0519. The molecule has 5 nitrogen and oxygen atoms in total. The van der Waals surface area contributed by atoms with Crippen molar-refractivity contribution in [3.8, 4) is 11.1 Å². The van der Waals surface area contributed by atoms with E-state index in [4.69, 9.17) is 9.84 Å². The van der Waals surface area contributed by atoms with Crippen LogP contribution in [-0.4, -0.2) is 27.7 Å². The van der Waals surface area contributed by atoms with E-state index in [1.54, 1.807) is 13.1 Å². The quantitative estimate of drug-likeness (QED) is 0.875. The number of hydrogen-bond donors (Lipinski definition) is 1. The number of benzene rings is 1. The van der Waals surface area contributed by atoms with Gasteiger partial charge in [0, 0.05) is 11.8 Å². The number of aliphatic hydroxyl groups excluding tert-OH is 1. The maximum absolute atomic E-state index is 12.1. The summed E-state index contributed by atoms with van der Waals surface area (Å²) in [6.07, 6.45) is 1.56. The number of esters is 1. The van der Waals surface area contributed by atoms with Crippen LogP contribution in [0.1, 0.15) is 48.2 Å². The van der Waals surface area contributed by atoms with E-state index in [-0.39, 0.29) is 24.7 Å². The van der Waals surface area contributed by atoms with Crippen molar-refractivity contribution in [3.63, 3.8) is 0 Å². The van der Waals surface area contributed by atoms with Gasteiger partial charge in [-0.15, -0.1) is 0 Å². The summed E-state index contributed by atoms with van der Waals surface area (Å²) in [6.45, 7) is 9.68. The van der Waals surface area contributed by atoms with Gasteiger partial charge in [-0.1, -0.05) is 32.0 Å². The Kier molecular flexibility index (Phi) is 7.35. The molecule has 0 amide bonds. The summed E-state index contributed by atoms with van der Waals surface area (Å²) in [4.78, 5) is 20.3. The molecule has 0 aliphatic carbocycles. The molecule has 5 heteroatoms. The number of nitrogens with zero attached hydrogens (tertiary/aromatic N) is 2. The summed E-state index contributed by atoms with van der Waals surface area (Å²) in [7, 11) is 0. The van der Waals surface area contributed by atoms with Crippen molar-refractivity contribution in [2.45, 2.75) is 41.2 Å². The molecular formula is C18H24N2O3. The van der Waals surface area contributed by atoms with E-state index in [1.165, 1.54) is 0 Å². The Labute approximate surface area is 137 Å². The van der Waals surface area contributed by atoms with Crippen molar-refractivity contribution < 1.29 is 14.6 Å². The first-order valence-corrected chi connectivity index (χ1v) is 7.79. The highest BCUT2D eigenvalue weighted by Crippen LogP contribution is 2.27. The van der Waals surface area contributed by atoms with Crippen LogP contribution >= 0.6 is 0 Å². The Morgan fingerprint density at radius 3 is 2.52 bits per heavy atom. The zero-order valence-electron chi connectivity index (χ0n) is 14.4. The summed E-state index contributed by atoms with van der Waals surface area (Å²) in [5, 5.41) is 9.16. The number of aryl methyl sites for hydroxylation is 1. The third-order valence-corrected chi connectivity index (χ3v) is 3.34. The van der Waals surface area contributed by atoms with Gasteiger partial charge in [0.15, 0.2) is 11.5 Å². The summed E-state index contributed by atoms with van der Waals surface area (Å²) in [6, 6.07) is 5.85. The third-order valence-electron chi connectivity index (χ3n) is 3.34. The molecule has 0 unspecified atom stereocenters. The van der Waals surface area contributed by atoms with Crippen LogP contribution in [-0.2, 0) is 11.3 Å². The summed E-state index contributed by atoms with van der Waals surface area (Å²) < 4.78 is 5.05. The molecule has 0 spiro atoms. The van der Waals surface area contributed by atoms with Crippen LogP contribution in [0.4, 0.5) is 0 Å². The molecule has 0 fully saturated rings. The number of ether oxygens (including phenoxy) is 1. The molecule has 0 aliphatic heterocycles. The molecule has 0 aliphatic rings. The molecule has 2 aromatic rings. The normalized spacial score (nSPS) is 9.83. The minimum Gasteiger partial charge on any atom is -0.461 e. The average Bonchev–Trinajstić information content (AvgIpc) is 2.59. The number of aliphatic hydroxyl groups is 1. The fraction of sp³-hybridized carbons (Fsp3) is 0.389. The zero-order chi connectivity index (χ0) is 17.4. The van der Waals surface area contributed by atoms with Crippen LogP contribution in [0.15, 0.2) is 24.4 Å². The number of carbonyl (C=O) groups excluding carboxylic acids is 1. The maximum Gasteiger partial charge on any atom is 0.357 e. The van der Waals surface area contributed by atoms with Crippen LogP contribution in [0.25, 0.3) is 11.1 Å². The number of aromatic nitrogens is 2. The first kappa shape index (κ1) is 18.8. The number of carbonyl (C=O) groups is 1. The van der Waals surface area contributed by atoms with Crippen molar-refractivity contribution in [1.29, 1.82) is 0 Å². The molecular weight excluding hydrogens is 292 g/mol. The van der Waals surface area contributed by atoms with Crippen LogP contribution in [0.3, 0.4) is 0 Å². The van der Waals surface area contributed by atoms with Crippen LogP contribution < -0.4 is 0 Å². The fourth-order valence-electron chi connectivity index (χ4n) is 2.09. The van der Waals surface area contributed by atoms with Crippen molar-refractivity contribution in [2.75, 3.05) is 6.61 Å². The van der Waals surface area contributed by atoms with Gasteiger partial charge in [-0.05, 0) is 37.5 Å². The van der Waals surface area contributed by atoms with E-state index in [0.717, 1.165) is 16.7 Å². The lowest BCUT2D eigenvalue weighted by atomic mass is 9.97. The van der Waals surface area contributed by atoms with Crippen LogP contribution in [0.2, 0.25) is 0 Å². The topological polar surface area (TPSA) is 72.3 Å². The van der Waals surface area contributed by atoms with Gasteiger partial charge in [-0.25, -0.2) is 14.8 Å². The van der Waals surface area contributed by atoms with E-state index >= 15 is 0 Å². The second kappa shape index (κ2) is 9.00. The van der Waals surface area contributed by atoms with Gasteiger partial charge < -0.3 is 9.84 Å². The van der Waals surface area contributed by atoms with E-state index in [9.17, 15) is 4.79 Å². The van der Waals surface area contributed by atoms with Crippen molar-refractivity contribution in [1.82, 2.24) is 9.97 Å². The first-order chi connectivity index (χ1) is 11.1. The minimum atomic E-state index is -0.509. The second-order valence-electron chi connectivity index (χ2n) is 4.67. The van der Waals surface area contributed by atoms with E-state index < -0.39 is 5.97 Å². The lowest BCUT2D eigenvalue weighted by Crippen LogP contribution is -2.12. The third kappa shape index (κ3) is 4.36. The summed E-state index contributed by atoms with van der Waals surface area (Å²) in [5.74, 6) is -0.308. The largest absolute Gasteiger partial charge is 0.461 e. The second-order valence-corrected chi connectivity index (χ2v) is 4.67. The molecule has 124 valence electrons. The molecule has 0 radical (unpaired) electrons. The predicted octanol–water partition coefficient (Wildman–Crippen LogP) is 3.46. The van der Waals surface area contributed by atoms with Gasteiger partial charge in [-0.3, -0.25) is 0 Å². The molecule has 1 aromatic carbocycles. The van der Waals surface area contributed by atoms with Crippen molar-refractivity contribution in [2.24, 2.45) is 0 Å². The highest BCUT2D eigenvalue weighted by molar-refractivity contribution is 5.95. The lowest BCUT2D eigenvalue weighted by Gasteiger charge is -2.12. The van der Waals surface area contributed by atoms with E-state index in [2.05, 4.69) is 9.97 Å². The van der Waals surface area contributed by atoms with Gasteiger partial charge in [0.05, 0.1) is 6.61 Å². The Hall–Kier alpha value is -2.27. The van der Waals surface area contributed by atoms with Crippen molar-refractivity contribution >= 4 is 5.97 Å². The monoisotopic (exact) mass is 316 g/mol. The molecule has 0 saturated carbocycles. The van der Waals surface area contributed by atoms with Gasteiger partial charge in [0.1, 0.15) is 6.61 Å². The smallest absolute Gasteiger partial charge is 0.357 e. The summed E-state index contributed by atoms with van der Waals surface area (Å²) >= 11 is 0. The highest BCUT2D eigenvalue weighted by atomic mass is 16.5. The Bertz CT molecular complexity index is 669. The van der Waals surface area contributed by atoms with Gasteiger partial charge in [0.2, 0.25) is 0 Å². The highest BCUT2D eigenvalue weighted by Gasteiger charge is 2.19. The molecule has 0 bridgehead atoms. The SMILES string of the molecule is CC.CCOC(=O)c1nc(CO)ncc1-c1cccc(C)c1C. The van der Waals surface area contributed by atoms with E-state index in [0.29, 0.717) is 5.56 Å². The van der Waals surface area contributed by atoms with E-state index in [1.807, 2.05) is 45.9 Å². The number of hydrogen-bond acceptors (Lipinski definition) is 5. The molecule has 2 rings (SSSR count). The molecule has 1 N–H and O–H groups in total. The van der Waals surface area contributed by atoms with Gasteiger partial charge in [0.25, 0.3) is 0 Å². The Morgan fingerprint density at radius 2 is 1.91 bits per heavy atom. The number of rotatable bonds is 4. The minimum absolute atomic E-state index is 0.185. The molecule has 0 atom stereocenters. The molecule has 1 aromatic heterocycles. The van der Waals surface area contributed by atoms with Crippen molar-refractivity contribution in [3.05, 3.63) is 47.0 Å². The summed E-state index contributed by atoms with van der Waals surface area (Å²) in [5.41, 5.74) is 3.87. The zero-order valence-corrected chi connectivity index (χ0v) is 14.4. The fourth-order valence-corrected chi connectivity index (χ4v) is 2.09. The van der Waals surface area contributed by atoms with Gasteiger partial charge in [-0.2, -0.15) is 0 Å². The molecule has 23 heavy (non-hydrogen) atoms. The molecule has 1 heterocycles. The molecule has 0 saturated heterocycles. The predicted molar refractivity (Wildman–Crippen MR) is 90.2 cm³/mol.